The van der Waals surface area contributed by atoms with Crippen molar-refractivity contribution >= 4 is 30.6 Å². The van der Waals surface area contributed by atoms with Crippen LogP contribution in [0.4, 0.5) is 17.6 Å². The van der Waals surface area contributed by atoms with Crippen LogP contribution < -0.4 is 11.1 Å². The molecular weight excluding hydrogens is 539 g/mol. The molecule has 13 nitrogen and oxygen atoms in total. The number of nitrogens with one attached hydrogen (secondary N) is 2. The van der Waals surface area contributed by atoms with Crippen molar-refractivity contribution in [3.05, 3.63) is 70.3 Å². The molecule has 200 valence electrons. The van der Waals surface area contributed by atoms with Gasteiger partial charge >= 0.3 is 8.25 Å². The maximum Gasteiger partial charge on any atom is 0.698 e. The van der Waals surface area contributed by atoms with Crippen LogP contribution in [0.5, 0.6) is 0 Å². The Hall–Kier alpha value is -4.08. The molecule has 0 spiro atoms. The Balaban J connectivity index is 1.41. The minimum Gasteiger partial charge on any atom is -0.315 e. The van der Waals surface area contributed by atoms with E-state index in [0.29, 0.717) is 12.2 Å². The van der Waals surface area contributed by atoms with Gasteiger partial charge in [-0.3, -0.25) is 9.59 Å². The van der Waals surface area contributed by atoms with Crippen molar-refractivity contribution in [3.63, 3.8) is 0 Å². The van der Waals surface area contributed by atoms with Crippen LogP contribution in [0, 0.1) is 0 Å². The van der Waals surface area contributed by atoms with E-state index in [-0.39, 0.29) is 48.3 Å². The molecule has 0 saturated carbocycles. The van der Waals surface area contributed by atoms with Crippen LogP contribution in [0.1, 0.15) is 12.8 Å². The zero-order chi connectivity index (χ0) is 27.2. The average Bonchev–Trinajstić information content (AvgIpc) is 3.46. The summed E-state index contributed by atoms with van der Waals surface area (Å²) in [4.78, 5) is 44.0. The van der Waals surface area contributed by atoms with Crippen LogP contribution in [0.3, 0.4) is 0 Å². The van der Waals surface area contributed by atoms with Gasteiger partial charge in [0.1, 0.15) is 12.2 Å². The number of H-pyrrole nitrogens is 2. The summed E-state index contributed by atoms with van der Waals surface area (Å²) < 4.78 is 77.5. The summed E-state index contributed by atoms with van der Waals surface area (Å²) >= 11 is 0. The minimum absolute atomic E-state index is 0.00710. The standard InChI is InChI=1S/C20H17F4N8O5P/c21-13(22)5-11(1-3-31-9-29-15-17(31)25-7-27-19(15)33)36-38(35)37-12(6-14(23)24)2-4-32-10-30-16-18(32)26-8-28-20(16)34/h5-12H,1-4H2,(H-,25,26,27,28,33,34)/p+1. The van der Waals surface area contributed by atoms with Gasteiger partial charge in [0.25, 0.3) is 23.3 Å². The average molecular weight is 557 g/mol. The van der Waals surface area contributed by atoms with Gasteiger partial charge in [-0.05, 0) is 0 Å². The van der Waals surface area contributed by atoms with Crippen LogP contribution in [-0.4, -0.2) is 51.2 Å². The van der Waals surface area contributed by atoms with Crippen LogP contribution >= 0.6 is 8.25 Å². The van der Waals surface area contributed by atoms with E-state index in [4.69, 9.17) is 9.05 Å². The van der Waals surface area contributed by atoms with Gasteiger partial charge in [-0.1, -0.05) is 0 Å². The van der Waals surface area contributed by atoms with E-state index in [1.807, 2.05) is 0 Å². The SMILES string of the molecule is O=c1[nH]cnc2c1ncn2CCC(C=C(F)F)O[P+](=O)OC(C=C(F)F)CCn1cnc2c(=O)[nH]cnc21. The van der Waals surface area contributed by atoms with Gasteiger partial charge in [0.05, 0.1) is 25.3 Å². The number of hydrogen-bond acceptors (Lipinski definition) is 9. The Kier molecular flexibility index (Phi) is 8.50. The fraction of sp³-hybridized carbons (Fsp3) is 0.300. The molecule has 0 amide bonds. The lowest BCUT2D eigenvalue weighted by atomic mass is 10.2. The highest BCUT2D eigenvalue weighted by molar-refractivity contribution is 7.33. The predicted molar refractivity (Wildman–Crippen MR) is 123 cm³/mol. The molecular formula is C20H18F4N8O5P+. The van der Waals surface area contributed by atoms with Crippen LogP contribution in [-0.2, 0) is 26.7 Å². The monoisotopic (exact) mass is 557 g/mol. The highest BCUT2D eigenvalue weighted by atomic mass is 31.1. The third-order valence-corrected chi connectivity index (χ3v) is 6.08. The summed E-state index contributed by atoms with van der Waals surface area (Å²) in [7, 11) is -3.13. The largest absolute Gasteiger partial charge is 0.698 e. The fourth-order valence-electron chi connectivity index (χ4n) is 3.50. The van der Waals surface area contributed by atoms with E-state index < -0.39 is 43.7 Å². The topological polar surface area (TPSA) is 163 Å². The predicted octanol–water partition coefficient (Wildman–Crippen LogP) is 3.02. The van der Waals surface area contributed by atoms with Crippen molar-refractivity contribution in [2.24, 2.45) is 0 Å². The molecule has 0 bridgehead atoms. The van der Waals surface area contributed by atoms with E-state index in [1.165, 1.54) is 21.8 Å². The van der Waals surface area contributed by atoms with Gasteiger partial charge in [-0.2, -0.15) is 17.6 Å². The second kappa shape index (κ2) is 12.0. The molecule has 0 radical (unpaired) electrons. The summed E-state index contributed by atoms with van der Waals surface area (Å²) in [6.07, 6.45) is -1.77. The lowest BCUT2D eigenvalue weighted by Gasteiger charge is -2.09. The number of aryl methyl sites for hydroxylation is 2. The number of nitrogens with zero attached hydrogens (tertiary/aromatic N) is 6. The normalized spacial score (nSPS) is 13.4. The molecule has 18 heteroatoms. The Morgan fingerprint density at radius 3 is 1.63 bits per heavy atom. The van der Waals surface area contributed by atoms with Gasteiger partial charge in [0.15, 0.2) is 22.3 Å². The first-order valence-corrected chi connectivity index (χ1v) is 11.9. The minimum atomic E-state index is -3.13. The maximum atomic E-state index is 13.0. The van der Waals surface area contributed by atoms with Crippen LogP contribution in [0.2, 0.25) is 0 Å². The van der Waals surface area contributed by atoms with Crippen LogP contribution in [0.25, 0.3) is 22.3 Å². The molecule has 0 aliphatic heterocycles. The Morgan fingerprint density at radius 2 is 1.24 bits per heavy atom. The molecule has 2 atom stereocenters. The number of imidazole rings is 2. The third-order valence-electron chi connectivity index (χ3n) is 5.19. The number of rotatable bonds is 12. The van der Waals surface area contributed by atoms with Crippen molar-refractivity contribution in [1.82, 2.24) is 39.0 Å². The van der Waals surface area contributed by atoms with Crippen molar-refractivity contribution in [2.75, 3.05) is 0 Å². The Bertz CT molecular complexity index is 1500. The van der Waals surface area contributed by atoms with Crippen LogP contribution in [0.15, 0.2) is 59.2 Å². The number of halogens is 4. The first-order valence-electron chi connectivity index (χ1n) is 10.8. The van der Waals surface area contributed by atoms with Crippen molar-refractivity contribution < 1.29 is 31.2 Å². The highest BCUT2D eigenvalue weighted by Crippen LogP contribution is 2.32. The molecule has 0 aliphatic carbocycles. The van der Waals surface area contributed by atoms with Crippen molar-refractivity contribution in [2.45, 2.75) is 38.1 Å². The number of aromatic nitrogens is 8. The lowest BCUT2D eigenvalue weighted by molar-refractivity contribution is 0.150. The van der Waals surface area contributed by atoms with Gasteiger partial charge in [0.2, 0.25) is 0 Å². The van der Waals surface area contributed by atoms with E-state index in [9.17, 15) is 31.7 Å². The summed E-state index contributed by atoms with van der Waals surface area (Å²) in [6.45, 7) is -0.0142. The van der Waals surface area contributed by atoms with E-state index in [1.54, 1.807) is 0 Å². The summed E-state index contributed by atoms with van der Waals surface area (Å²) in [6, 6.07) is 0. The smallest absolute Gasteiger partial charge is 0.315 e. The summed E-state index contributed by atoms with van der Waals surface area (Å²) in [5, 5.41) is 0. The molecule has 4 aromatic heterocycles. The molecule has 4 rings (SSSR count). The first kappa shape index (κ1) is 27.0. The quantitative estimate of drug-likeness (QED) is 0.197. The van der Waals surface area contributed by atoms with E-state index >= 15 is 0 Å². The third kappa shape index (κ3) is 6.62. The Morgan fingerprint density at radius 1 is 0.816 bits per heavy atom. The fourth-order valence-corrected chi connectivity index (χ4v) is 4.33. The molecule has 2 N–H and O–H groups in total. The summed E-state index contributed by atoms with van der Waals surface area (Å²) in [5.74, 6) is 0. The molecule has 0 aromatic carbocycles. The molecule has 0 aliphatic rings. The van der Waals surface area contributed by atoms with Crippen molar-refractivity contribution in [1.29, 1.82) is 0 Å². The molecule has 0 fully saturated rings. The zero-order valence-corrected chi connectivity index (χ0v) is 20.0. The molecule has 0 saturated heterocycles. The second-order valence-electron chi connectivity index (χ2n) is 7.68. The van der Waals surface area contributed by atoms with Gasteiger partial charge in [-0.25, -0.2) is 19.9 Å². The summed E-state index contributed by atoms with van der Waals surface area (Å²) in [5.41, 5.74) is -0.494. The second-order valence-corrected chi connectivity index (χ2v) is 8.55. The zero-order valence-electron chi connectivity index (χ0n) is 19.1. The van der Waals surface area contributed by atoms with Gasteiger partial charge in [-0.15, -0.1) is 9.05 Å². The molecule has 4 aromatic rings. The van der Waals surface area contributed by atoms with Gasteiger partial charge < -0.3 is 19.1 Å². The lowest BCUT2D eigenvalue weighted by Crippen LogP contribution is -2.15. The van der Waals surface area contributed by atoms with E-state index in [2.05, 4.69) is 29.9 Å². The highest BCUT2D eigenvalue weighted by Gasteiger charge is 2.31. The van der Waals surface area contributed by atoms with E-state index in [0.717, 1.165) is 12.7 Å². The molecule has 38 heavy (non-hydrogen) atoms. The van der Waals surface area contributed by atoms with Crippen molar-refractivity contribution in [3.8, 4) is 0 Å². The maximum absolute atomic E-state index is 13.0. The number of hydrogen-bond donors (Lipinski definition) is 2. The molecule has 4 heterocycles. The number of aromatic amines is 2. The van der Waals surface area contributed by atoms with Gasteiger partial charge in [0, 0.05) is 42.6 Å². The first-order chi connectivity index (χ1) is 18.2. The number of fused-ring (bicyclic) bond motifs is 2. The molecule has 2 unspecified atom stereocenters. The Labute approximate surface area is 209 Å².